The maximum absolute atomic E-state index is 10.5. The van der Waals surface area contributed by atoms with Gasteiger partial charge in [0.2, 0.25) is 0 Å². The van der Waals surface area contributed by atoms with Crippen molar-refractivity contribution in [1.29, 1.82) is 0 Å². The minimum Gasteiger partial charge on any atom is -0.270 e. The molecule has 0 bridgehead atoms. The molecule has 1 N–H and O–H groups in total. The van der Waals surface area contributed by atoms with Gasteiger partial charge in [-0.1, -0.05) is 8.96 Å². The molecule has 0 amide bonds. The van der Waals surface area contributed by atoms with Gasteiger partial charge in [-0.2, -0.15) is 8.42 Å². The maximum atomic E-state index is 10.5. The topological polar surface area (TPSA) is 57.6 Å². The molecule has 0 unspecified atom stereocenters. The third-order valence-corrected chi connectivity index (χ3v) is 0.523. The minimum atomic E-state index is -5.24. The summed E-state index contributed by atoms with van der Waals surface area (Å²) in [5.41, 5.74) is 0. The average molecular weight is 133 g/mol. The largest absolute Gasteiger partial charge is 0.391 e. The molecular formula is HF2NO3S. The lowest BCUT2D eigenvalue weighted by molar-refractivity contribution is -0.0630. The highest BCUT2D eigenvalue weighted by atomic mass is 32.2. The van der Waals surface area contributed by atoms with Gasteiger partial charge in [0.25, 0.3) is 0 Å². The number of nitrogens with zero attached hydrogens (tertiary/aromatic N) is 1. The Morgan fingerprint density at radius 3 is 1.57 bits per heavy atom. The molecule has 0 saturated heterocycles. The summed E-state index contributed by atoms with van der Waals surface area (Å²) < 4.78 is 44.2. The fraction of sp³-hybridized carbons (Fsp3) is 0. The van der Waals surface area contributed by atoms with Gasteiger partial charge in [0.1, 0.15) is 0 Å². The maximum Gasteiger partial charge on any atom is 0.391 e. The van der Waals surface area contributed by atoms with Crippen LogP contribution in [0.25, 0.3) is 0 Å². The van der Waals surface area contributed by atoms with Crippen molar-refractivity contribution in [1.82, 2.24) is 4.75 Å². The van der Waals surface area contributed by atoms with Crippen LogP contribution in [-0.2, 0) is 10.3 Å². The zero-order valence-corrected chi connectivity index (χ0v) is 3.69. The molecule has 0 saturated carbocycles. The van der Waals surface area contributed by atoms with E-state index in [9.17, 15) is 8.96 Å². The van der Waals surface area contributed by atoms with Crippen LogP contribution >= 0.6 is 0 Å². The van der Waals surface area contributed by atoms with E-state index in [0.29, 0.717) is 0 Å². The van der Waals surface area contributed by atoms with Crippen LogP contribution in [0, 0.1) is 0 Å². The molecule has 0 aliphatic heterocycles. The summed E-state index contributed by atoms with van der Waals surface area (Å²) in [5, 5.41) is 0. The van der Waals surface area contributed by atoms with Gasteiger partial charge < -0.3 is 0 Å². The Kier molecular flexibility index (Phi) is 1.62. The van der Waals surface area contributed by atoms with E-state index in [1.807, 2.05) is 0 Å². The molecule has 7 heteroatoms. The Morgan fingerprint density at radius 1 is 1.43 bits per heavy atom. The molecule has 0 radical (unpaired) electrons. The normalized spacial score (nSPS) is 12.6. The Labute approximate surface area is 38.1 Å². The summed E-state index contributed by atoms with van der Waals surface area (Å²) in [4.78, 5) is 0. The van der Waals surface area contributed by atoms with Crippen LogP contribution in [-0.4, -0.2) is 17.7 Å². The van der Waals surface area contributed by atoms with Gasteiger partial charge in [-0.25, -0.2) is 0 Å². The van der Waals surface area contributed by atoms with Crippen molar-refractivity contribution in [3.8, 4) is 0 Å². The zero-order chi connectivity index (χ0) is 6.08. The van der Waals surface area contributed by atoms with E-state index in [1.54, 1.807) is 0 Å². The second-order valence-corrected chi connectivity index (χ2v) is 1.82. The third-order valence-electron chi connectivity index (χ3n) is 0.174. The van der Waals surface area contributed by atoms with E-state index < -0.39 is 15.1 Å². The molecule has 0 atom stereocenters. The molecule has 44 valence electrons. The molecule has 0 spiro atoms. The first kappa shape index (κ1) is 6.73. The second-order valence-electron chi connectivity index (χ2n) is 0.650. The molecule has 0 aromatic rings. The summed E-state index contributed by atoms with van der Waals surface area (Å²) in [7, 11) is -5.24. The lowest BCUT2D eigenvalue weighted by atomic mass is 13.6. The second kappa shape index (κ2) is 1.68. The smallest absolute Gasteiger partial charge is 0.270 e. The van der Waals surface area contributed by atoms with Gasteiger partial charge >= 0.3 is 10.3 Å². The van der Waals surface area contributed by atoms with Crippen LogP contribution in [0.2, 0.25) is 0 Å². The summed E-state index contributed by atoms with van der Waals surface area (Å²) in [6, 6.07) is 0. The van der Waals surface area contributed by atoms with E-state index in [-0.39, 0.29) is 0 Å². The van der Waals surface area contributed by atoms with Gasteiger partial charge in [0, 0.05) is 0 Å². The van der Waals surface area contributed by atoms with Gasteiger partial charge in [0.05, 0.1) is 0 Å². The van der Waals surface area contributed by atoms with Crippen LogP contribution in [0.5, 0.6) is 0 Å². The average Bonchev–Trinajstić information content (AvgIpc) is 1.31. The molecule has 0 heterocycles. The molecule has 0 rings (SSSR count). The molecule has 0 aromatic carbocycles. The number of rotatable bonds is 1. The van der Waals surface area contributed by atoms with Crippen LogP contribution in [0.1, 0.15) is 0 Å². The van der Waals surface area contributed by atoms with Crippen LogP contribution < -0.4 is 0 Å². The first-order chi connectivity index (χ1) is 2.94. The molecule has 0 aliphatic carbocycles. The first-order valence-electron chi connectivity index (χ1n) is 1.04. The van der Waals surface area contributed by atoms with Crippen molar-refractivity contribution in [2.75, 3.05) is 0 Å². The number of hydrogen-bond acceptors (Lipinski definition) is 2. The summed E-state index contributed by atoms with van der Waals surface area (Å²) >= 11 is 0. The quantitative estimate of drug-likeness (QED) is 0.400. The van der Waals surface area contributed by atoms with Gasteiger partial charge in [-0.3, -0.25) is 4.55 Å². The van der Waals surface area contributed by atoms with E-state index in [4.69, 9.17) is 13.0 Å². The summed E-state index contributed by atoms with van der Waals surface area (Å²) in [6.07, 6.45) is 0. The SMILES string of the molecule is O=S(=O)(O)N(F)F. The predicted molar refractivity (Wildman–Crippen MR) is 15.6 cm³/mol. The van der Waals surface area contributed by atoms with Crippen molar-refractivity contribution in [3.05, 3.63) is 0 Å². The van der Waals surface area contributed by atoms with E-state index in [2.05, 4.69) is 0 Å². The molecule has 0 aliphatic rings. The molecule has 4 nitrogen and oxygen atoms in total. The van der Waals surface area contributed by atoms with Crippen LogP contribution in [0.15, 0.2) is 0 Å². The number of hydrogen-bond donors (Lipinski definition) is 1. The predicted octanol–water partition coefficient (Wildman–Crippen LogP) is -0.140. The summed E-state index contributed by atoms with van der Waals surface area (Å²) in [5.74, 6) is 0. The van der Waals surface area contributed by atoms with Crippen molar-refractivity contribution < 1.29 is 21.9 Å². The molecule has 7 heavy (non-hydrogen) atoms. The Hall–Kier alpha value is -0.270. The number of halogens is 2. The molecule has 0 fully saturated rings. The fourth-order valence-electron chi connectivity index (χ4n) is 0. The molecular weight excluding hydrogens is 132 g/mol. The van der Waals surface area contributed by atoms with Gasteiger partial charge in [-0.05, 0) is 0 Å². The highest BCUT2D eigenvalue weighted by Crippen LogP contribution is 1.94. The van der Waals surface area contributed by atoms with E-state index in [1.165, 1.54) is 0 Å². The van der Waals surface area contributed by atoms with Crippen LogP contribution in [0.4, 0.5) is 8.96 Å². The standard InChI is InChI=1S/F2HNO3S/c1-3(2)7(4,5)6/h(H,4,5,6). The van der Waals surface area contributed by atoms with Crippen molar-refractivity contribution in [2.24, 2.45) is 0 Å². The van der Waals surface area contributed by atoms with Gasteiger partial charge in [-0.15, -0.1) is 0 Å². The van der Waals surface area contributed by atoms with E-state index in [0.717, 1.165) is 0 Å². The first-order valence-corrected chi connectivity index (χ1v) is 2.43. The lowest BCUT2D eigenvalue weighted by Crippen LogP contribution is -2.11. The highest BCUT2D eigenvalue weighted by molar-refractivity contribution is 7.83. The lowest BCUT2D eigenvalue weighted by Gasteiger charge is -1.88. The zero-order valence-electron chi connectivity index (χ0n) is 2.88. The van der Waals surface area contributed by atoms with Crippen molar-refractivity contribution >= 4 is 10.3 Å². The Bertz CT molecular complexity index is 135. The fourth-order valence-corrected chi connectivity index (χ4v) is 0. The van der Waals surface area contributed by atoms with Crippen molar-refractivity contribution in [3.63, 3.8) is 0 Å². The molecule has 0 aromatic heterocycles. The Morgan fingerprint density at radius 2 is 1.57 bits per heavy atom. The highest BCUT2D eigenvalue weighted by Gasteiger charge is 2.15. The van der Waals surface area contributed by atoms with Crippen molar-refractivity contribution in [2.45, 2.75) is 0 Å². The Balaban J connectivity index is 4.10. The summed E-state index contributed by atoms with van der Waals surface area (Å²) in [6.45, 7) is 0. The van der Waals surface area contributed by atoms with E-state index >= 15 is 0 Å². The van der Waals surface area contributed by atoms with Crippen LogP contribution in [0.3, 0.4) is 0 Å². The minimum absolute atomic E-state index is 2.28. The van der Waals surface area contributed by atoms with Gasteiger partial charge in [0.15, 0.2) is 4.75 Å². The third kappa shape index (κ3) is 2.43. The monoisotopic (exact) mass is 133 g/mol.